The van der Waals surface area contributed by atoms with E-state index in [9.17, 15) is 8.42 Å². The molecule has 0 bridgehead atoms. The van der Waals surface area contributed by atoms with Gasteiger partial charge >= 0.3 is 0 Å². The summed E-state index contributed by atoms with van der Waals surface area (Å²) in [4.78, 5) is 0.325. The van der Waals surface area contributed by atoms with E-state index >= 15 is 0 Å². The fourth-order valence-electron chi connectivity index (χ4n) is 2.89. The minimum Gasteiger partial charge on any atom is -0.365 e. The molecule has 1 aliphatic heterocycles. The first kappa shape index (κ1) is 13.1. The van der Waals surface area contributed by atoms with Gasteiger partial charge in [0.05, 0.1) is 16.5 Å². The van der Waals surface area contributed by atoms with Crippen molar-refractivity contribution in [2.75, 3.05) is 0 Å². The number of aryl methyl sites for hydroxylation is 1. The summed E-state index contributed by atoms with van der Waals surface area (Å²) in [5.41, 5.74) is 0.952. The van der Waals surface area contributed by atoms with E-state index < -0.39 is 10.0 Å². The number of hydrogen-bond donors (Lipinski definition) is 1. The Labute approximate surface area is 114 Å². The van der Waals surface area contributed by atoms with Gasteiger partial charge in [-0.1, -0.05) is 17.7 Å². The van der Waals surface area contributed by atoms with Crippen molar-refractivity contribution in [3.8, 4) is 0 Å². The van der Waals surface area contributed by atoms with Gasteiger partial charge in [-0.25, -0.2) is 13.1 Å². The van der Waals surface area contributed by atoms with Crippen molar-refractivity contribution in [3.63, 3.8) is 0 Å². The average Bonchev–Trinajstić information content (AvgIpc) is 3.02. The second kappa shape index (κ2) is 4.30. The molecule has 0 radical (unpaired) electrons. The maximum Gasteiger partial charge on any atom is 0.240 e. The highest BCUT2D eigenvalue weighted by atomic mass is 32.2. The van der Waals surface area contributed by atoms with Crippen molar-refractivity contribution in [1.82, 2.24) is 4.72 Å². The van der Waals surface area contributed by atoms with Gasteiger partial charge < -0.3 is 4.74 Å². The fraction of sp³-hybridized carbons (Fsp3) is 0.571. The SMILES string of the molecule is Cc1ccc(S(=O)(=O)N[C@@H]2CCC[C@@]3(C)O[C@@H]23)cc1. The summed E-state index contributed by atoms with van der Waals surface area (Å²) in [6.45, 7) is 4.00. The zero-order valence-electron chi connectivity index (χ0n) is 11.2. The van der Waals surface area contributed by atoms with Crippen LogP contribution in [0.25, 0.3) is 0 Å². The molecule has 0 unspecified atom stereocenters. The van der Waals surface area contributed by atoms with Gasteiger partial charge in [0.1, 0.15) is 6.10 Å². The van der Waals surface area contributed by atoms with Crippen LogP contribution in [0, 0.1) is 6.92 Å². The van der Waals surface area contributed by atoms with Gasteiger partial charge in [-0.05, 0) is 45.2 Å². The maximum absolute atomic E-state index is 12.3. The molecule has 1 saturated heterocycles. The van der Waals surface area contributed by atoms with E-state index in [1.165, 1.54) is 0 Å². The van der Waals surface area contributed by atoms with Gasteiger partial charge in [-0.2, -0.15) is 0 Å². The molecule has 0 spiro atoms. The van der Waals surface area contributed by atoms with Crippen LogP contribution >= 0.6 is 0 Å². The lowest BCUT2D eigenvalue weighted by atomic mass is 9.88. The van der Waals surface area contributed by atoms with Crippen LogP contribution in [-0.4, -0.2) is 26.2 Å². The molecular weight excluding hydrogens is 262 g/mol. The van der Waals surface area contributed by atoms with Crippen molar-refractivity contribution >= 4 is 10.0 Å². The number of hydrogen-bond acceptors (Lipinski definition) is 3. The Kier molecular flexibility index (Phi) is 2.96. The average molecular weight is 281 g/mol. The highest BCUT2D eigenvalue weighted by Crippen LogP contribution is 2.47. The third-order valence-corrected chi connectivity index (χ3v) is 5.64. The van der Waals surface area contributed by atoms with Gasteiger partial charge in [0.2, 0.25) is 10.0 Å². The summed E-state index contributed by atoms with van der Waals surface area (Å²) in [6.07, 6.45) is 2.93. The van der Waals surface area contributed by atoms with E-state index in [2.05, 4.69) is 11.6 Å². The predicted octanol–water partition coefficient (Wildman–Crippen LogP) is 1.98. The number of sulfonamides is 1. The molecule has 1 aromatic rings. The number of fused-ring (bicyclic) bond motifs is 1. The molecule has 104 valence electrons. The number of ether oxygens (including phenoxy) is 1. The number of nitrogens with one attached hydrogen (secondary N) is 1. The molecule has 2 aliphatic rings. The third-order valence-electron chi connectivity index (χ3n) is 4.13. The Bertz CT molecular complexity index is 581. The number of epoxide rings is 1. The number of rotatable bonds is 3. The van der Waals surface area contributed by atoms with E-state index in [-0.39, 0.29) is 17.7 Å². The van der Waals surface area contributed by atoms with E-state index in [4.69, 9.17) is 4.74 Å². The van der Waals surface area contributed by atoms with Crippen LogP contribution in [-0.2, 0) is 14.8 Å². The van der Waals surface area contributed by atoms with Gasteiger partial charge in [-0.3, -0.25) is 0 Å². The molecule has 0 aromatic heterocycles. The van der Waals surface area contributed by atoms with Crippen LogP contribution in [0.2, 0.25) is 0 Å². The molecule has 1 aliphatic carbocycles. The first-order valence-electron chi connectivity index (χ1n) is 6.68. The minimum absolute atomic E-state index is 0.0430. The summed E-state index contributed by atoms with van der Waals surface area (Å²) in [5, 5.41) is 0. The summed E-state index contributed by atoms with van der Waals surface area (Å²) >= 11 is 0. The molecule has 19 heavy (non-hydrogen) atoms. The summed E-state index contributed by atoms with van der Waals surface area (Å²) in [5.74, 6) is 0. The van der Waals surface area contributed by atoms with Crippen LogP contribution in [0.1, 0.15) is 31.7 Å². The molecule has 3 atom stereocenters. The molecule has 5 heteroatoms. The Balaban J connectivity index is 1.77. The quantitative estimate of drug-likeness (QED) is 0.862. The topological polar surface area (TPSA) is 58.7 Å². The van der Waals surface area contributed by atoms with Gasteiger partial charge in [0.15, 0.2) is 0 Å². The zero-order chi connectivity index (χ0) is 13.7. The second-order valence-corrected chi connectivity index (χ2v) is 7.50. The Morgan fingerprint density at radius 1 is 1.32 bits per heavy atom. The lowest BCUT2D eigenvalue weighted by molar-refractivity contribution is 0.302. The first-order chi connectivity index (χ1) is 8.91. The number of benzene rings is 1. The second-order valence-electron chi connectivity index (χ2n) is 5.78. The highest BCUT2D eigenvalue weighted by molar-refractivity contribution is 7.89. The zero-order valence-corrected chi connectivity index (χ0v) is 12.0. The standard InChI is InChI=1S/C14H19NO3S/c1-10-5-7-11(8-6-10)19(16,17)15-12-4-3-9-14(2)13(12)18-14/h5-8,12-13,15H,3-4,9H2,1-2H3/t12-,13+,14-/m1/s1. The lowest BCUT2D eigenvalue weighted by Gasteiger charge is -2.22. The summed E-state index contributed by atoms with van der Waals surface area (Å²) in [7, 11) is -3.44. The third kappa shape index (κ3) is 2.42. The molecule has 0 amide bonds. The fourth-order valence-corrected chi connectivity index (χ4v) is 4.17. The monoisotopic (exact) mass is 281 g/mol. The van der Waals surface area contributed by atoms with E-state index in [0.29, 0.717) is 4.90 Å². The molecule has 2 fully saturated rings. The molecule has 1 heterocycles. The molecule has 3 rings (SSSR count). The predicted molar refractivity (Wildman–Crippen MR) is 72.4 cm³/mol. The van der Waals surface area contributed by atoms with Crippen LogP contribution in [0.15, 0.2) is 29.2 Å². The minimum atomic E-state index is -3.44. The molecule has 1 N–H and O–H groups in total. The summed E-state index contributed by atoms with van der Waals surface area (Å²) in [6, 6.07) is 6.83. The molecular formula is C14H19NO3S. The highest BCUT2D eigenvalue weighted by Gasteiger charge is 2.58. The lowest BCUT2D eigenvalue weighted by Crippen LogP contribution is -2.43. The normalized spacial score (nSPS) is 33.8. The van der Waals surface area contributed by atoms with Crippen LogP contribution in [0.3, 0.4) is 0 Å². The van der Waals surface area contributed by atoms with Crippen LogP contribution < -0.4 is 4.72 Å². The van der Waals surface area contributed by atoms with E-state index in [1.807, 2.05) is 19.1 Å². The maximum atomic E-state index is 12.3. The van der Waals surface area contributed by atoms with Crippen molar-refractivity contribution < 1.29 is 13.2 Å². The summed E-state index contributed by atoms with van der Waals surface area (Å²) < 4.78 is 33.1. The van der Waals surface area contributed by atoms with Crippen molar-refractivity contribution in [3.05, 3.63) is 29.8 Å². The molecule has 4 nitrogen and oxygen atoms in total. The molecule has 1 saturated carbocycles. The Hall–Kier alpha value is -0.910. The van der Waals surface area contributed by atoms with Crippen molar-refractivity contribution in [2.45, 2.75) is 55.8 Å². The van der Waals surface area contributed by atoms with Crippen LogP contribution in [0.4, 0.5) is 0 Å². The Morgan fingerprint density at radius 3 is 2.68 bits per heavy atom. The van der Waals surface area contributed by atoms with Gasteiger partial charge in [-0.15, -0.1) is 0 Å². The van der Waals surface area contributed by atoms with E-state index in [0.717, 1.165) is 24.8 Å². The van der Waals surface area contributed by atoms with Gasteiger partial charge in [0.25, 0.3) is 0 Å². The first-order valence-corrected chi connectivity index (χ1v) is 8.16. The molecule has 1 aromatic carbocycles. The van der Waals surface area contributed by atoms with Crippen LogP contribution in [0.5, 0.6) is 0 Å². The smallest absolute Gasteiger partial charge is 0.240 e. The van der Waals surface area contributed by atoms with Gasteiger partial charge in [0, 0.05) is 0 Å². The van der Waals surface area contributed by atoms with Crippen molar-refractivity contribution in [2.24, 2.45) is 0 Å². The largest absolute Gasteiger partial charge is 0.365 e. The van der Waals surface area contributed by atoms with E-state index in [1.54, 1.807) is 12.1 Å². The van der Waals surface area contributed by atoms with Crippen molar-refractivity contribution in [1.29, 1.82) is 0 Å². The Morgan fingerprint density at radius 2 is 2.00 bits per heavy atom.